The van der Waals surface area contributed by atoms with E-state index < -0.39 is 26.4 Å². The van der Waals surface area contributed by atoms with Crippen LogP contribution in [-0.4, -0.2) is 270 Å². The predicted molar refractivity (Wildman–Crippen MR) is 490 cm³/mol. The smallest absolute Gasteiger partial charge is 0.387 e. The van der Waals surface area contributed by atoms with Crippen molar-refractivity contribution in [3.8, 4) is 85.8 Å². The Morgan fingerprint density at radius 3 is 0.934 bits per heavy atom. The molecule has 8 aromatic heterocycles. The van der Waals surface area contributed by atoms with Crippen molar-refractivity contribution in [2.75, 3.05) is 131 Å². The number of nitrogens with zero attached hydrogens (tertiary/aromatic N) is 26. The van der Waals surface area contributed by atoms with Crippen LogP contribution in [0.2, 0.25) is 0 Å². The SMILES string of the molecule is CCCc1nc(-c2ccc(OC(F)F)cc2)nn1CC(=O)N1CCN(c2ccccn2)CC1.CCCc1nc(-c2ccc(OC(F)F)cc2)nn1CC(=O)N1CCN(c2nccc(OC)n2)CC1.CCCc1nc(-c2ccc(OC(F)F)cc2)nn1CC(=O)N1CCN(c2ncccn2)CC1.O=C(Cn1nc(-c2ccccc2)nc1-c1ccc(OC(F)F)cc1)N1CCN(c2ccccn2)CC1. The lowest BCUT2D eigenvalue weighted by atomic mass is 10.2. The number of hydrogen-bond donors (Lipinski definition) is 0. The molecule has 4 aliphatic heterocycles. The molecule has 137 heavy (non-hydrogen) atoms. The number of rotatable bonds is 32. The Morgan fingerprint density at radius 1 is 0.299 bits per heavy atom. The average Bonchev–Trinajstić information content (AvgIpc) is 1.65. The summed E-state index contributed by atoms with van der Waals surface area (Å²) in [6.07, 6.45) is 13.1. The molecule has 43 heteroatoms. The summed E-state index contributed by atoms with van der Waals surface area (Å²) in [5.74, 6) is 8.06. The van der Waals surface area contributed by atoms with E-state index in [0.717, 1.165) is 55.4 Å². The van der Waals surface area contributed by atoms with Gasteiger partial charge in [-0.15, -0.1) is 5.10 Å². The van der Waals surface area contributed by atoms with Crippen LogP contribution >= 0.6 is 0 Å². The second-order valence-electron chi connectivity index (χ2n) is 31.5. The predicted octanol–water partition coefficient (Wildman–Crippen LogP) is 12.5. The van der Waals surface area contributed by atoms with Gasteiger partial charge < -0.3 is 62.9 Å². The van der Waals surface area contributed by atoms with E-state index >= 15 is 0 Å². The maximum Gasteiger partial charge on any atom is 0.387 e. The number of hydrogen-bond acceptors (Lipinski definition) is 27. The zero-order chi connectivity index (χ0) is 96.1. The second-order valence-corrected chi connectivity index (χ2v) is 31.5. The summed E-state index contributed by atoms with van der Waals surface area (Å²) in [7, 11) is 1.56. The lowest BCUT2D eigenvalue weighted by Crippen LogP contribution is -2.50. The van der Waals surface area contributed by atoms with Crippen LogP contribution in [0.15, 0.2) is 207 Å². The Labute approximate surface area is 783 Å². The van der Waals surface area contributed by atoms with Gasteiger partial charge in [-0.1, -0.05) is 63.2 Å². The summed E-state index contributed by atoms with van der Waals surface area (Å²) in [5.41, 5.74) is 3.44. The molecule has 0 unspecified atom stereocenters. The van der Waals surface area contributed by atoms with E-state index in [0.29, 0.717) is 192 Å². The van der Waals surface area contributed by atoms with Crippen LogP contribution in [-0.2, 0) is 64.6 Å². The van der Waals surface area contributed by atoms with Crippen LogP contribution in [0.5, 0.6) is 28.9 Å². The number of carbonyl (C=O) groups excluding carboxylic acids is 4. The largest absolute Gasteiger partial charge is 0.481 e. The van der Waals surface area contributed by atoms with Crippen molar-refractivity contribution < 1.29 is 78.0 Å². The van der Waals surface area contributed by atoms with E-state index in [9.17, 15) is 54.3 Å². The molecule has 13 aromatic rings. The van der Waals surface area contributed by atoms with Gasteiger partial charge in [-0.3, -0.25) is 19.2 Å². The van der Waals surface area contributed by atoms with Gasteiger partial charge in [0.25, 0.3) is 0 Å². The second kappa shape index (κ2) is 48.0. The summed E-state index contributed by atoms with van der Waals surface area (Å²) in [6.45, 7) is 4.80. The molecular weight excluding hydrogens is 1790 g/mol. The molecule has 0 spiro atoms. The molecule has 0 bridgehead atoms. The van der Waals surface area contributed by atoms with Gasteiger partial charge in [-0.2, -0.15) is 55.4 Å². The molecule has 0 radical (unpaired) electrons. The van der Waals surface area contributed by atoms with Gasteiger partial charge in [0.15, 0.2) is 29.1 Å². The van der Waals surface area contributed by atoms with Crippen LogP contribution in [0, 0.1) is 0 Å². The molecule has 5 aromatic carbocycles. The van der Waals surface area contributed by atoms with Gasteiger partial charge in [-0.25, -0.2) is 63.6 Å². The molecular formula is C94H102F8N26O9. The zero-order valence-corrected chi connectivity index (χ0v) is 75.6. The van der Waals surface area contributed by atoms with Gasteiger partial charge in [0.2, 0.25) is 41.4 Å². The fourth-order valence-electron chi connectivity index (χ4n) is 15.3. The first-order valence-corrected chi connectivity index (χ1v) is 44.7. The number of piperazine rings is 4. The number of anilines is 4. The number of aryl methyl sites for hydroxylation is 3. The minimum absolute atomic E-state index is 0.00798. The van der Waals surface area contributed by atoms with Crippen LogP contribution in [0.25, 0.3) is 56.9 Å². The zero-order valence-electron chi connectivity index (χ0n) is 75.6. The first-order chi connectivity index (χ1) is 66.6. The molecule has 0 aliphatic carbocycles. The summed E-state index contributed by atoms with van der Waals surface area (Å²) in [6, 6.07) is 49.1. The Kier molecular flexibility index (Phi) is 34.2. The number of aromatic nitrogens is 18. The van der Waals surface area contributed by atoms with Gasteiger partial charge in [0.1, 0.15) is 78.3 Å². The third-order valence-corrected chi connectivity index (χ3v) is 22.3. The maximum absolute atomic E-state index is 13.2. The number of methoxy groups -OCH3 is 1. The third kappa shape index (κ3) is 27.2. The van der Waals surface area contributed by atoms with Crippen molar-refractivity contribution in [1.29, 1.82) is 0 Å². The van der Waals surface area contributed by atoms with Crippen molar-refractivity contribution in [2.24, 2.45) is 0 Å². The van der Waals surface area contributed by atoms with Crippen molar-refractivity contribution in [3.05, 3.63) is 224 Å². The molecule has 0 atom stereocenters. The fourth-order valence-corrected chi connectivity index (χ4v) is 15.3. The number of alkyl halides is 8. The lowest BCUT2D eigenvalue weighted by Gasteiger charge is -2.35. The highest BCUT2D eigenvalue weighted by Crippen LogP contribution is 2.31. The number of benzene rings is 5. The molecule has 12 heterocycles. The van der Waals surface area contributed by atoms with Crippen molar-refractivity contribution in [1.82, 2.24) is 109 Å². The molecule has 4 aliphatic rings. The summed E-state index contributed by atoms with van der Waals surface area (Å²) in [4.78, 5) is 112. The van der Waals surface area contributed by atoms with E-state index in [4.69, 9.17) is 4.74 Å². The quantitative estimate of drug-likeness (QED) is 0.0353. The molecule has 718 valence electrons. The monoisotopic (exact) mass is 1890 g/mol. The van der Waals surface area contributed by atoms with Crippen molar-refractivity contribution in [2.45, 2.75) is 112 Å². The molecule has 4 amide bonds. The minimum atomic E-state index is -2.90. The minimum Gasteiger partial charge on any atom is -0.481 e. The van der Waals surface area contributed by atoms with Crippen molar-refractivity contribution >= 4 is 47.2 Å². The van der Waals surface area contributed by atoms with E-state index in [1.807, 2.05) is 107 Å². The van der Waals surface area contributed by atoms with Crippen molar-refractivity contribution in [3.63, 3.8) is 0 Å². The van der Waals surface area contributed by atoms with E-state index in [1.165, 1.54) is 48.5 Å². The van der Waals surface area contributed by atoms with Crippen LogP contribution in [0.1, 0.15) is 57.5 Å². The van der Waals surface area contributed by atoms with E-state index in [1.54, 1.807) is 122 Å². The molecule has 4 fully saturated rings. The first kappa shape index (κ1) is 97.7. The third-order valence-electron chi connectivity index (χ3n) is 22.3. The van der Waals surface area contributed by atoms with Crippen LogP contribution in [0.3, 0.4) is 0 Å². The van der Waals surface area contributed by atoms with Gasteiger partial charge in [0, 0.05) is 189 Å². The number of ether oxygens (including phenoxy) is 5. The summed E-state index contributed by atoms with van der Waals surface area (Å²) >= 11 is 0. The molecule has 35 nitrogen and oxygen atoms in total. The summed E-state index contributed by atoms with van der Waals surface area (Å²) < 4.78 is 129. The lowest BCUT2D eigenvalue weighted by molar-refractivity contribution is -0.133. The highest BCUT2D eigenvalue weighted by Gasteiger charge is 2.31. The first-order valence-electron chi connectivity index (χ1n) is 44.7. The normalized spacial score (nSPS) is 13.9. The highest BCUT2D eigenvalue weighted by molar-refractivity contribution is 5.79. The molecule has 0 N–H and O–H groups in total. The fraction of sp³-hybridized carbons (Fsp3) is 0.362. The molecule has 17 rings (SSSR count). The van der Waals surface area contributed by atoms with Crippen LogP contribution in [0.4, 0.5) is 58.7 Å². The highest BCUT2D eigenvalue weighted by atomic mass is 19.3. The van der Waals surface area contributed by atoms with Crippen LogP contribution < -0.4 is 43.3 Å². The Hall–Kier alpha value is -15.4. The Balaban J connectivity index is 0.000000146. The average molecular weight is 1890 g/mol. The number of halogens is 8. The standard InChI is InChI=1S/C26H24F2N6O2.C23H27F2N7O3.C23H26F2N6O2.C22H25F2N7O2/c27-26(28)36-21-11-9-20(10-12-21)25-30-24(19-6-2-1-3-7-19)31-34(25)18-23(35)33-16-14-32(15-17-33)22-8-4-5-13-29-22;1-3-4-18-27-21(16-5-7-17(8-6-16)35-22(24)25)29-32(18)15-20(33)30-11-13-31(14-12-30)23-26-10-9-19(28-23)34-2;1-2-5-20-27-22(17-7-9-18(10-8-17)33-23(24)25)28-31(20)16-21(32)30-14-12-29(13-15-30)19-6-3-4-11-26-19;1-2-4-18-27-20(16-5-7-17(8-6-16)33-21(23)24)28-31(18)15-19(32)29-11-13-30(14-12-29)22-25-9-3-10-26-22/h1-13,26H,14-18H2;5-10,22H,3-4,11-15H2,1-2H3;3-4,6-11,23H,2,5,12-16H2,1H3;3,5-10,21H,2,4,11-15H2,1H3. The number of pyridine rings is 2. The molecule has 4 saturated heterocycles. The number of amides is 4. The topological polar surface area (TPSA) is 341 Å². The van der Waals surface area contributed by atoms with Gasteiger partial charge in [0.05, 0.1) is 7.11 Å². The Morgan fingerprint density at radius 2 is 0.599 bits per heavy atom. The van der Waals surface area contributed by atoms with Gasteiger partial charge in [-0.05, 0) is 147 Å². The Bertz CT molecular complexity index is 5810. The maximum atomic E-state index is 13.2. The number of carbonyl (C=O) groups is 4. The van der Waals surface area contributed by atoms with Gasteiger partial charge >= 0.3 is 26.4 Å². The van der Waals surface area contributed by atoms with E-state index in [-0.39, 0.29) is 72.8 Å². The van der Waals surface area contributed by atoms with E-state index in [2.05, 4.69) is 104 Å². The molecule has 0 saturated carbocycles. The summed E-state index contributed by atoms with van der Waals surface area (Å²) in [5, 5.41) is 18.2.